The summed E-state index contributed by atoms with van der Waals surface area (Å²) >= 11 is 13.7. The van der Waals surface area contributed by atoms with Crippen LogP contribution in [0.25, 0.3) is 0 Å². The highest BCUT2D eigenvalue weighted by Gasteiger charge is 2.34. The summed E-state index contributed by atoms with van der Waals surface area (Å²) in [6.45, 7) is 0. The zero-order valence-electron chi connectivity index (χ0n) is 6.95. The Morgan fingerprint density at radius 1 is 1.27 bits per heavy atom. The van der Waals surface area contributed by atoms with Crippen LogP contribution in [0.5, 0.6) is 0 Å². The van der Waals surface area contributed by atoms with Gasteiger partial charge in [-0.1, -0.05) is 39.1 Å². The average molecular weight is 321 g/mol. The Labute approximate surface area is 102 Å². The highest BCUT2D eigenvalue weighted by atomic mass is 79.9. The van der Waals surface area contributed by atoms with E-state index >= 15 is 0 Å². The van der Waals surface area contributed by atoms with Gasteiger partial charge in [0.15, 0.2) is 0 Å². The number of benzene rings is 1. The van der Waals surface area contributed by atoms with Crippen LogP contribution in [0.3, 0.4) is 0 Å². The molecule has 1 aromatic rings. The van der Waals surface area contributed by atoms with Gasteiger partial charge in [0.2, 0.25) is 5.17 Å². The number of hydrogen-bond donors (Lipinski definition) is 0. The van der Waals surface area contributed by atoms with Gasteiger partial charge in [0, 0.05) is 9.50 Å². The van der Waals surface area contributed by atoms with Crippen LogP contribution in [-0.2, 0) is 0 Å². The molecule has 0 N–H and O–H groups in total. The van der Waals surface area contributed by atoms with E-state index in [-0.39, 0.29) is 10.7 Å². The largest absolute Gasteiger partial charge is 0.444 e. The molecule has 0 atom stereocenters. The lowest BCUT2D eigenvalue weighted by Gasteiger charge is -2.03. The molecule has 7 heteroatoms. The van der Waals surface area contributed by atoms with Gasteiger partial charge in [0.25, 0.3) is 0 Å². The lowest BCUT2D eigenvalue weighted by Crippen LogP contribution is -2.16. The van der Waals surface area contributed by atoms with Gasteiger partial charge in [-0.2, -0.15) is 13.2 Å². The van der Waals surface area contributed by atoms with E-state index < -0.39 is 11.3 Å². The molecule has 0 radical (unpaired) electrons. The molecule has 0 unspecified atom stereocenters. The summed E-state index contributed by atoms with van der Waals surface area (Å²) < 4.78 is 36.6. The molecule has 0 heterocycles. The number of halogens is 6. The van der Waals surface area contributed by atoms with E-state index in [2.05, 4.69) is 20.9 Å². The number of aliphatic imine (C=N–C) groups is 1. The fourth-order valence-corrected chi connectivity index (χ4v) is 1.72. The fourth-order valence-electron chi connectivity index (χ4n) is 0.781. The maximum Gasteiger partial charge on any atom is 0.444 e. The van der Waals surface area contributed by atoms with E-state index in [4.69, 9.17) is 23.2 Å². The first-order valence-corrected chi connectivity index (χ1v) is 5.11. The Morgan fingerprint density at radius 2 is 1.87 bits per heavy atom. The first-order valence-electron chi connectivity index (χ1n) is 3.56. The van der Waals surface area contributed by atoms with Crippen molar-refractivity contribution in [1.82, 2.24) is 0 Å². The summed E-state index contributed by atoms with van der Waals surface area (Å²) in [5.41, 5.74) is 0.0386. The van der Waals surface area contributed by atoms with Crippen LogP contribution in [0.2, 0.25) is 5.02 Å². The first-order chi connectivity index (χ1) is 6.79. The van der Waals surface area contributed by atoms with Gasteiger partial charge >= 0.3 is 6.18 Å². The summed E-state index contributed by atoms with van der Waals surface area (Å²) in [6.07, 6.45) is -4.64. The molecular weight excluding hydrogens is 318 g/mol. The standard InChI is InChI=1S/C8H3BrCl2F3N/c9-4-1-5(10)3-6(2-4)15-7(11)8(12,13)14/h1-3H. The highest BCUT2D eigenvalue weighted by Crippen LogP contribution is 2.28. The maximum absolute atomic E-state index is 12.0. The van der Waals surface area contributed by atoms with Gasteiger partial charge in [0.1, 0.15) is 0 Å². The third-order valence-electron chi connectivity index (χ3n) is 1.31. The van der Waals surface area contributed by atoms with Crippen molar-refractivity contribution in [1.29, 1.82) is 0 Å². The molecular formula is C8H3BrCl2F3N. The van der Waals surface area contributed by atoms with E-state index in [0.717, 1.165) is 0 Å². The predicted molar refractivity (Wildman–Crippen MR) is 58.2 cm³/mol. The smallest absolute Gasteiger partial charge is 0.232 e. The van der Waals surface area contributed by atoms with Gasteiger partial charge in [-0.3, -0.25) is 0 Å². The van der Waals surface area contributed by atoms with Crippen molar-refractivity contribution < 1.29 is 13.2 Å². The average Bonchev–Trinajstić information content (AvgIpc) is 1.99. The summed E-state index contributed by atoms with van der Waals surface area (Å²) in [5, 5.41) is -1.16. The second-order valence-electron chi connectivity index (χ2n) is 2.53. The number of rotatable bonds is 1. The normalized spacial score (nSPS) is 13.1. The molecule has 1 rings (SSSR count). The molecule has 15 heavy (non-hydrogen) atoms. The molecule has 0 bridgehead atoms. The predicted octanol–water partition coefficient (Wildman–Crippen LogP) is 4.93. The molecule has 82 valence electrons. The minimum atomic E-state index is -4.64. The van der Waals surface area contributed by atoms with Gasteiger partial charge in [-0.05, 0) is 18.2 Å². The number of hydrogen-bond acceptors (Lipinski definition) is 1. The zero-order chi connectivity index (χ0) is 11.6. The summed E-state index contributed by atoms with van der Waals surface area (Å²) in [4.78, 5) is 3.19. The number of nitrogens with zero attached hydrogens (tertiary/aromatic N) is 1. The molecule has 0 amide bonds. The van der Waals surface area contributed by atoms with Gasteiger partial charge in [0.05, 0.1) is 5.69 Å². The fraction of sp³-hybridized carbons (Fsp3) is 0.125. The minimum absolute atomic E-state index is 0.0386. The molecule has 0 fully saturated rings. The second-order valence-corrected chi connectivity index (χ2v) is 4.24. The zero-order valence-corrected chi connectivity index (χ0v) is 10.0. The van der Waals surface area contributed by atoms with Crippen LogP contribution in [0.1, 0.15) is 0 Å². The molecule has 0 saturated heterocycles. The van der Waals surface area contributed by atoms with E-state index in [9.17, 15) is 13.2 Å². The van der Waals surface area contributed by atoms with Crippen molar-refractivity contribution in [2.24, 2.45) is 4.99 Å². The summed E-state index contributed by atoms with van der Waals surface area (Å²) in [5.74, 6) is 0. The third-order valence-corrected chi connectivity index (χ3v) is 2.28. The van der Waals surface area contributed by atoms with Crippen molar-refractivity contribution in [3.63, 3.8) is 0 Å². The Kier molecular flexibility index (Phi) is 4.03. The van der Waals surface area contributed by atoms with E-state index in [0.29, 0.717) is 4.47 Å². The molecule has 0 aliphatic rings. The van der Waals surface area contributed by atoms with Crippen LogP contribution in [0, 0.1) is 0 Å². The minimum Gasteiger partial charge on any atom is -0.232 e. The Bertz CT molecular complexity index is 383. The first kappa shape index (κ1) is 12.8. The monoisotopic (exact) mass is 319 g/mol. The molecule has 0 spiro atoms. The third kappa shape index (κ3) is 4.01. The lowest BCUT2D eigenvalue weighted by molar-refractivity contribution is -0.0558. The quantitative estimate of drug-likeness (QED) is 0.650. The molecule has 1 nitrogen and oxygen atoms in total. The molecule has 0 aromatic heterocycles. The molecule has 1 aromatic carbocycles. The van der Waals surface area contributed by atoms with Crippen LogP contribution in [0.15, 0.2) is 27.7 Å². The van der Waals surface area contributed by atoms with Crippen molar-refractivity contribution >= 4 is 50.0 Å². The van der Waals surface area contributed by atoms with Gasteiger partial charge < -0.3 is 0 Å². The maximum atomic E-state index is 12.0. The Balaban J connectivity index is 3.08. The lowest BCUT2D eigenvalue weighted by atomic mass is 10.3. The van der Waals surface area contributed by atoms with Crippen LogP contribution >= 0.6 is 39.1 Å². The van der Waals surface area contributed by atoms with Crippen LogP contribution < -0.4 is 0 Å². The van der Waals surface area contributed by atoms with Gasteiger partial charge in [-0.25, -0.2) is 4.99 Å². The van der Waals surface area contributed by atoms with E-state index in [1.54, 1.807) is 0 Å². The Morgan fingerprint density at radius 3 is 2.33 bits per heavy atom. The molecule has 0 aliphatic carbocycles. The number of alkyl halides is 3. The van der Waals surface area contributed by atoms with Crippen LogP contribution in [-0.4, -0.2) is 11.3 Å². The van der Waals surface area contributed by atoms with E-state index in [1.807, 2.05) is 0 Å². The van der Waals surface area contributed by atoms with Crippen molar-refractivity contribution in [2.45, 2.75) is 6.18 Å². The van der Waals surface area contributed by atoms with Crippen molar-refractivity contribution in [2.75, 3.05) is 0 Å². The van der Waals surface area contributed by atoms with Crippen LogP contribution in [0.4, 0.5) is 18.9 Å². The topological polar surface area (TPSA) is 12.4 Å². The SMILES string of the molecule is FC(F)(F)C(Cl)=Nc1cc(Cl)cc(Br)c1. The highest BCUT2D eigenvalue weighted by molar-refractivity contribution is 9.10. The summed E-state index contributed by atoms with van der Waals surface area (Å²) in [7, 11) is 0. The molecule has 0 saturated carbocycles. The molecule has 0 aliphatic heterocycles. The van der Waals surface area contributed by atoms with E-state index in [1.165, 1.54) is 18.2 Å². The summed E-state index contributed by atoms with van der Waals surface area (Å²) in [6, 6.07) is 4.18. The van der Waals surface area contributed by atoms with Crippen molar-refractivity contribution in [3.8, 4) is 0 Å². The van der Waals surface area contributed by atoms with Crippen molar-refractivity contribution in [3.05, 3.63) is 27.7 Å². The van der Waals surface area contributed by atoms with Gasteiger partial charge in [-0.15, -0.1) is 0 Å². The second kappa shape index (κ2) is 4.72. The Hall–Kier alpha value is -0.260.